The average molecular weight is 490 g/mol. The Morgan fingerprint density at radius 3 is 2.43 bits per heavy atom. The number of hydrogen-bond donors (Lipinski definition) is 3. The molecule has 1 rings (SSSR count). The van der Waals surface area contributed by atoms with Crippen molar-refractivity contribution in [3.8, 4) is 5.75 Å². The highest BCUT2D eigenvalue weighted by atomic mass is 16.6. The number of benzene rings is 1. The molecule has 0 heterocycles. The molecule has 3 amide bonds. The Morgan fingerprint density at radius 2 is 1.89 bits per heavy atom. The Balaban J connectivity index is 3.35. The molecule has 2 atom stereocenters. The molecule has 1 aromatic carbocycles. The predicted molar refractivity (Wildman–Crippen MR) is 138 cm³/mol. The molecule has 2 unspecified atom stereocenters. The summed E-state index contributed by atoms with van der Waals surface area (Å²) in [7, 11) is 0. The van der Waals surface area contributed by atoms with Gasteiger partial charge in [-0.05, 0) is 57.2 Å². The molecule has 8 nitrogen and oxygen atoms in total. The van der Waals surface area contributed by atoms with E-state index in [4.69, 9.17) is 4.74 Å². The van der Waals surface area contributed by atoms with Gasteiger partial charge < -0.3 is 25.4 Å². The Labute approximate surface area is 210 Å². The van der Waals surface area contributed by atoms with Gasteiger partial charge in [0, 0.05) is 13.1 Å². The lowest BCUT2D eigenvalue weighted by atomic mass is 9.99. The van der Waals surface area contributed by atoms with E-state index in [1.54, 1.807) is 32.9 Å². The molecular weight excluding hydrogens is 446 g/mol. The number of hydrogen-bond acceptors (Lipinski definition) is 5. The highest BCUT2D eigenvalue weighted by molar-refractivity contribution is 5.92. The first kappa shape index (κ1) is 30.0. The fraction of sp³-hybridized carbons (Fsp3) is 0.593. The molecule has 0 fully saturated rings. The van der Waals surface area contributed by atoms with E-state index in [-0.39, 0.29) is 24.1 Å². The monoisotopic (exact) mass is 489 g/mol. The van der Waals surface area contributed by atoms with E-state index < -0.39 is 29.7 Å². The van der Waals surface area contributed by atoms with Crippen molar-refractivity contribution in [1.29, 1.82) is 0 Å². The summed E-state index contributed by atoms with van der Waals surface area (Å²) >= 11 is 0. The molecule has 3 N–H and O–H groups in total. The molecule has 1 aromatic rings. The number of carbonyl (C=O) groups excluding carboxylic acids is 3. The largest absolute Gasteiger partial charge is 0.508 e. The molecule has 0 aliphatic heterocycles. The van der Waals surface area contributed by atoms with E-state index in [2.05, 4.69) is 24.1 Å². The van der Waals surface area contributed by atoms with Gasteiger partial charge in [0.05, 0.1) is 0 Å². The smallest absolute Gasteiger partial charge is 0.408 e. The van der Waals surface area contributed by atoms with Crippen molar-refractivity contribution in [2.24, 2.45) is 5.92 Å². The maximum atomic E-state index is 13.8. The third-order valence-corrected chi connectivity index (χ3v) is 5.13. The molecule has 0 saturated heterocycles. The molecule has 0 spiro atoms. The van der Waals surface area contributed by atoms with Gasteiger partial charge in [-0.3, -0.25) is 9.59 Å². The number of phenols is 1. The fourth-order valence-electron chi connectivity index (χ4n) is 3.66. The maximum absolute atomic E-state index is 13.8. The Hall–Kier alpha value is -3.03. The first-order valence-corrected chi connectivity index (χ1v) is 12.4. The minimum atomic E-state index is -1.01. The molecule has 0 aliphatic carbocycles. The van der Waals surface area contributed by atoms with Gasteiger partial charge in [0.25, 0.3) is 0 Å². The number of amides is 3. The van der Waals surface area contributed by atoms with Crippen LogP contribution in [-0.2, 0) is 14.3 Å². The molecule has 35 heavy (non-hydrogen) atoms. The fourth-order valence-corrected chi connectivity index (χ4v) is 3.66. The van der Waals surface area contributed by atoms with E-state index in [1.165, 1.54) is 23.1 Å². The van der Waals surface area contributed by atoms with Crippen LogP contribution in [-0.4, -0.2) is 52.6 Å². The number of nitrogens with one attached hydrogen (secondary N) is 2. The van der Waals surface area contributed by atoms with Crippen LogP contribution in [0.2, 0.25) is 0 Å². The second-order valence-corrected chi connectivity index (χ2v) is 10.1. The van der Waals surface area contributed by atoms with Crippen molar-refractivity contribution < 1.29 is 24.2 Å². The average Bonchev–Trinajstić information content (AvgIpc) is 2.74. The van der Waals surface area contributed by atoms with E-state index in [9.17, 15) is 19.5 Å². The van der Waals surface area contributed by atoms with E-state index in [0.29, 0.717) is 18.5 Å². The van der Waals surface area contributed by atoms with Gasteiger partial charge in [0.1, 0.15) is 23.4 Å². The van der Waals surface area contributed by atoms with Gasteiger partial charge >= 0.3 is 6.09 Å². The second kappa shape index (κ2) is 14.4. The molecule has 0 bridgehead atoms. The van der Waals surface area contributed by atoms with Crippen molar-refractivity contribution in [1.82, 2.24) is 15.5 Å². The zero-order valence-corrected chi connectivity index (χ0v) is 22.1. The highest BCUT2D eigenvalue weighted by Crippen LogP contribution is 2.26. The number of nitrogens with zero attached hydrogens (tertiary/aromatic N) is 1. The number of rotatable bonds is 13. The summed E-state index contributed by atoms with van der Waals surface area (Å²) in [4.78, 5) is 41.1. The predicted octanol–water partition coefficient (Wildman–Crippen LogP) is 4.69. The van der Waals surface area contributed by atoms with E-state index >= 15 is 0 Å². The number of alkyl carbamates (subject to hydrolysis) is 1. The standard InChI is InChI=1S/C27H43N3O5/c1-8-10-11-15-28-24(32)23(20-13-12-14-21(31)18-20)30(16-9-2)25(33)22(17-19(3)4)29-26(34)35-27(5,6)7/h9,12-14,18-19,22-23,31H,2,8,10-11,15-17H2,1,3-7H3,(H,28,32)(H,29,34). The van der Waals surface area contributed by atoms with Crippen LogP contribution in [0.5, 0.6) is 5.75 Å². The topological polar surface area (TPSA) is 108 Å². The summed E-state index contributed by atoms with van der Waals surface area (Å²) in [5.41, 5.74) is -0.257. The minimum absolute atomic E-state index is 0.0112. The van der Waals surface area contributed by atoms with Crippen LogP contribution in [0, 0.1) is 5.92 Å². The van der Waals surface area contributed by atoms with Gasteiger partial charge in [-0.25, -0.2) is 4.79 Å². The molecule has 0 aliphatic rings. The summed E-state index contributed by atoms with van der Waals surface area (Å²) in [6.07, 6.45) is 4.01. The van der Waals surface area contributed by atoms with Gasteiger partial charge in [-0.2, -0.15) is 0 Å². The van der Waals surface area contributed by atoms with Crippen LogP contribution in [0.4, 0.5) is 4.79 Å². The van der Waals surface area contributed by atoms with Gasteiger partial charge in [0.2, 0.25) is 11.8 Å². The molecular formula is C27H43N3O5. The van der Waals surface area contributed by atoms with E-state index in [1.807, 2.05) is 13.8 Å². The quantitative estimate of drug-likeness (QED) is 0.275. The van der Waals surface area contributed by atoms with E-state index in [0.717, 1.165) is 19.3 Å². The zero-order valence-electron chi connectivity index (χ0n) is 22.1. The van der Waals surface area contributed by atoms with Gasteiger partial charge in [-0.15, -0.1) is 6.58 Å². The number of phenolic OH excluding ortho intramolecular Hbond substituents is 1. The maximum Gasteiger partial charge on any atom is 0.408 e. The third-order valence-electron chi connectivity index (χ3n) is 5.13. The first-order chi connectivity index (χ1) is 16.4. The van der Waals surface area contributed by atoms with Crippen molar-refractivity contribution >= 4 is 17.9 Å². The van der Waals surface area contributed by atoms with Crippen molar-refractivity contribution in [2.45, 2.75) is 84.9 Å². The van der Waals surface area contributed by atoms with Crippen LogP contribution in [0.25, 0.3) is 0 Å². The molecule has 0 aromatic heterocycles. The minimum Gasteiger partial charge on any atom is -0.508 e. The SMILES string of the molecule is C=CCN(C(=O)C(CC(C)C)NC(=O)OC(C)(C)C)C(C(=O)NCCCCC)c1cccc(O)c1. The zero-order chi connectivity index (χ0) is 26.6. The Bertz CT molecular complexity index is 847. The van der Waals surface area contributed by atoms with Crippen LogP contribution >= 0.6 is 0 Å². The number of ether oxygens (including phenoxy) is 1. The van der Waals surface area contributed by atoms with Gasteiger partial charge in [-0.1, -0.05) is 51.8 Å². The van der Waals surface area contributed by atoms with Gasteiger partial charge in [0.15, 0.2) is 0 Å². The Kier molecular flexibility index (Phi) is 12.3. The molecule has 0 saturated carbocycles. The summed E-state index contributed by atoms with van der Waals surface area (Å²) in [5, 5.41) is 15.7. The second-order valence-electron chi connectivity index (χ2n) is 10.1. The number of unbranched alkanes of at least 4 members (excludes halogenated alkanes) is 2. The third kappa shape index (κ3) is 10.8. The first-order valence-electron chi connectivity index (χ1n) is 12.4. The highest BCUT2D eigenvalue weighted by Gasteiger charge is 2.36. The number of carbonyl (C=O) groups is 3. The normalized spacial score (nSPS) is 13.0. The summed E-state index contributed by atoms with van der Waals surface area (Å²) < 4.78 is 5.37. The van der Waals surface area contributed by atoms with Crippen LogP contribution in [0.1, 0.15) is 78.8 Å². The lowest BCUT2D eigenvalue weighted by Gasteiger charge is -2.34. The summed E-state index contributed by atoms with van der Waals surface area (Å²) in [6.45, 7) is 15.5. The number of aromatic hydroxyl groups is 1. The molecule has 8 heteroatoms. The van der Waals surface area contributed by atoms with Crippen LogP contribution in [0.3, 0.4) is 0 Å². The van der Waals surface area contributed by atoms with Crippen molar-refractivity contribution in [3.05, 3.63) is 42.5 Å². The molecule has 0 radical (unpaired) electrons. The molecule has 196 valence electrons. The Morgan fingerprint density at radius 1 is 1.20 bits per heavy atom. The van der Waals surface area contributed by atoms with Crippen molar-refractivity contribution in [3.63, 3.8) is 0 Å². The van der Waals surface area contributed by atoms with Crippen LogP contribution < -0.4 is 10.6 Å². The lowest BCUT2D eigenvalue weighted by Crippen LogP contribution is -2.53. The van der Waals surface area contributed by atoms with Crippen molar-refractivity contribution in [2.75, 3.05) is 13.1 Å². The lowest BCUT2D eigenvalue weighted by molar-refractivity contribution is -0.142. The summed E-state index contributed by atoms with van der Waals surface area (Å²) in [6, 6.07) is 4.38. The van der Waals surface area contributed by atoms with Crippen LogP contribution in [0.15, 0.2) is 36.9 Å². The summed E-state index contributed by atoms with van der Waals surface area (Å²) in [5.74, 6) is -0.710.